The number of nitrogens with zero attached hydrogens (tertiary/aromatic N) is 2. The van der Waals surface area contributed by atoms with Gasteiger partial charge in [-0.3, -0.25) is 0 Å². The molecule has 0 radical (unpaired) electrons. The molecule has 1 aromatic carbocycles. The number of hydrogen-bond acceptors (Lipinski definition) is 4. The zero-order chi connectivity index (χ0) is 13.7. The lowest BCUT2D eigenvalue weighted by molar-refractivity contribution is 0.396. The highest BCUT2D eigenvalue weighted by Crippen LogP contribution is 2.12. The van der Waals surface area contributed by atoms with Crippen LogP contribution in [0.3, 0.4) is 0 Å². The summed E-state index contributed by atoms with van der Waals surface area (Å²) >= 11 is 0. The van der Waals surface area contributed by atoms with Crippen LogP contribution in [-0.4, -0.2) is 16.7 Å². The van der Waals surface area contributed by atoms with Crippen molar-refractivity contribution in [1.29, 1.82) is 0 Å². The van der Waals surface area contributed by atoms with Gasteiger partial charge in [-0.05, 0) is 32.4 Å². The van der Waals surface area contributed by atoms with Gasteiger partial charge in [0.1, 0.15) is 0 Å². The molecular weight excluding hydrogens is 238 g/mol. The highest BCUT2D eigenvalue weighted by Gasteiger charge is 2.12. The number of aromatic nitrogens is 2. The van der Waals surface area contributed by atoms with Crippen LogP contribution in [0.4, 0.5) is 0 Å². The fraction of sp³-hybridized carbons (Fsp3) is 0.467. The van der Waals surface area contributed by atoms with E-state index in [1.165, 1.54) is 11.1 Å². The minimum Gasteiger partial charge on any atom is -0.424 e. The third-order valence-corrected chi connectivity index (χ3v) is 3.11. The van der Waals surface area contributed by atoms with Gasteiger partial charge < -0.3 is 9.73 Å². The minimum absolute atomic E-state index is 0.116. The Labute approximate surface area is 114 Å². The average molecular weight is 259 g/mol. The van der Waals surface area contributed by atoms with Crippen molar-refractivity contribution in [1.82, 2.24) is 15.5 Å². The van der Waals surface area contributed by atoms with E-state index in [0.717, 1.165) is 19.4 Å². The van der Waals surface area contributed by atoms with Gasteiger partial charge in [0.2, 0.25) is 11.8 Å². The first kappa shape index (κ1) is 13.7. The predicted molar refractivity (Wildman–Crippen MR) is 75.0 cm³/mol. The van der Waals surface area contributed by atoms with Gasteiger partial charge in [0, 0.05) is 6.42 Å². The first-order valence-electron chi connectivity index (χ1n) is 6.80. The lowest BCUT2D eigenvalue weighted by atomic mass is 10.1. The van der Waals surface area contributed by atoms with Crippen molar-refractivity contribution in [2.45, 2.75) is 39.7 Å². The Balaban J connectivity index is 1.91. The maximum Gasteiger partial charge on any atom is 0.233 e. The Morgan fingerprint density at radius 2 is 1.89 bits per heavy atom. The SMILES string of the molecule is CCNC(C)c1nnc(CCc2ccc(C)cc2)o1. The average Bonchev–Trinajstić information content (AvgIpc) is 2.87. The van der Waals surface area contributed by atoms with Crippen LogP contribution in [0.2, 0.25) is 0 Å². The molecule has 0 amide bonds. The molecule has 2 aromatic rings. The van der Waals surface area contributed by atoms with E-state index in [4.69, 9.17) is 4.42 Å². The fourth-order valence-electron chi connectivity index (χ4n) is 1.94. The van der Waals surface area contributed by atoms with E-state index >= 15 is 0 Å². The van der Waals surface area contributed by atoms with Crippen LogP contribution in [-0.2, 0) is 12.8 Å². The summed E-state index contributed by atoms with van der Waals surface area (Å²) in [7, 11) is 0. The van der Waals surface area contributed by atoms with Gasteiger partial charge in [-0.2, -0.15) is 0 Å². The summed E-state index contributed by atoms with van der Waals surface area (Å²) in [5, 5.41) is 11.4. The Kier molecular flexibility index (Phi) is 4.68. The fourth-order valence-corrected chi connectivity index (χ4v) is 1.94. The maximum absolute atomic E-state index is 5.66. The third-order valence-electron chi connectivity index (χ3n) is 3.11. The van der Waals surface area contributed by atoms with Gasteiger partial charge in [-0.15, -0.1) is 10.2 Å². The number of nitrogens with one attached hydrogen (secondary N) is 1. The molecule has 4 nitrogen and oxygen atoms in total. The van der Waals surface area contributed by atoms with E-state index < -0.39 is 0 Å². The standard InChI is InChI=1S/C15H21N3O/c1-4-16-12(3)15-18-17-14(19-15)10-9-13-7-5-11(2)6-8-13/h5-8,12,16H,4,9-10H2,1-3H3. The second kappa shape index (κ2) is 6.48. The molecular formula is C15H21N3O. The van der Waals surface area contributed by atoms with Crippen LogP contribution in [0, 0.1) is 6.92 Å². The second-order valence-corrected chi connectivity index (χ2v) is 4.80. The molecule has 0 fully saturated rings. The lowest BCUT2D eigenvalue weighted by Crippen LogP contribution is -2.17. The summed E-state index contributed by atoms with van der Waals surface area (Å²) in [5.74, 6) is 1.38. The molecule has 1 atom stereocenters. The van der Waals surface area contributed by atoms with Gasteiger partial charge in [0.15, 0.2) is 0 Å². The molecule has 102 valence electrons. The van der Waals surface area contributed by atoms with Crippen molar-refractivity contribution in [2.75, 3.05) is 6.54 Å². The topological polar surface area (TPSA) is 51.0 Å². The first-order chi connectivity index (χ1) is 9.19. The van der Waals surface area contributed by atoms with Crippen molar-refractivity contribution in [3.63, 3.8) is 0 Å². The Bertz CT molecular complexity index is 504. The molecule has 0 spiro atoms. The molecule has 0 saturated carbocycles. The number of benzene rings is 1. The number of aryl methyl sites for hydroxylation is 3. The van der Waals surface area contributed by atoms with Crippen molar-refractivity contribution in [3.8, 4) is 0 Å². The van der Waals surface area contributed by atoms with E-state index in [-0.39, 0.29) is 6.04 Å². The molecule has 19 heavy (non-hydrogen) atoms. The van der Waals surface area contributed by atoms with Gasteiger partial charge in [-0.25, -0.2) is 0 Å². The summed E-state index contributed by atoms with van der Waals surface area (Å²) in [6.45, 7) is 7.07. The number of rotatable bonds is 6. The van der Waals surface area contributed by atoms with Crippen LogP contribution in [0.1, 0.15) is 42.8 Å². The molecule has 1 heterocycles. The third kappa shape index (κ3) is 3.89. The molecule has 0 aliphatic heterocycles. The zero-order valence-corrected chi connectivity index (χ0v) is 11.8. The molecule has 0 bridgehead atoms. The molecule has 0 aliphatic rings. The number of hydrogen-bond donors (Lipinski definition) is 1. The largest absolute Gasteiger partial charge is 0.424 e. The molecule has 4 heteroatoms. The summed E-state index contributed by atoms with van der Waals surface area (Å²) < 4.78 is 5.66. The summed E-state index contributed by atoms with van der Waals surface area (Å²) in [6.07, 6.45) is 1.71. The highest BCUT2D eigenvalue weighted by molar-refractivity contribution is 5.21. The molecule has 1 aromatic heterocycles. The monoisotopic (exact) mass is 259 g/mol. The van der Waals surface area contributed by atoms with Crippen molar-refractivity contribution < 1.29 is 4.42 Å². The van der Waals surface area contributed by atoms with Gasteiger partial charge in [0.05, 0.1) is 6.04 Å². The lowest BCUT2D eigenvalue weighted by Gasteiger charge is -2.05. The molecule has 1 N–H and O–H groups in total. The quantitative estimate of drug-likeness (QED) is 0.866. The van der Waals surface area contributed by atoms with E-state index in [1.54, 1.807) is 0 Å². The molecule has 1 unspecified atom stereocenters. The van der Waals surface area contributed by atoms with Crippen LogP contribution in [0.15, 0.2) is 28.7 Å². The van der Waals surface area contributed by atoms with Crippen LogP contribution in [0.25, 0.3) is 0 Å². The second-order valence-electron chi connectivity index (χ2n) is 4.80. The molecule has 0 aliphatic carbocycles. The van der Waals surface area contributed by atoms with Crippen molar-refractivity contribution in [2.24, 2.45) is 0 Å². The summed E-state index contributed by atoms with van der Waals surface area (Å²) in [4.78, 5) is 0. The normalized spacial score (nSPS) is 12.6. The summed E-state index contributed by atoms with van der Waals surface area (Å²) in [6, 6.07) is 8.66. The van der Waals surface area contributed by atoms with E-state index in [0.29, 0.717) is 11.8 Å². The van der Waals surface area contributed by atoms with E-state index in [2.05, 4.69) is 53.6 Å². The minimum atomic E-state index is 0.116. The summed E-state index contributed by atoms with van der Waals surface area (Å²) in [5.41, 5.74) is 2.58. The maximum atomic E-state index is 5.66. The zero-order valence-electron chi connectivity index (χ0n) is 11.8. The molecule has 0 saturated heterocycles. The van der Waals surface area contributed by atoms with Crippen molar-refractivity contribution in [3.05, 3.63) is 47.2 Å². The molecule has 2 rings (SSSR count). The van der Waals surface area contributed by atoms with Crippen LogP contribution in [0.5, 0.6) is 0 Å². The van der Waals surface area contributed by atoms with Gasteiger partial charge in [0.25, 0.3) is 0 Å². The Morgan fingerprint density at radius 1 is 1.16 bits per heavy atom. The Hall–Kier alpha value is -1.68. The Morgan fingerprint density at radius 3 is 2.58 bits per heavy atom. The van der Waals surface area contributed by atoms with Gasteiger partial charge >= 0.3 is 0 Å². The van der Waals surface area contributed by atoms with Crippen LogP contribution >= 0.6 is 0 Å². The van der Waals surface area contributed by atoms with E-state index in [1.807, 2.05) is 6.92 Å². The predicted octanol–water partition coefficient (Wildman–Crippen LogP) is 2.83. The van der Waals surface area contributed by atoms with Gasteiger partial charge in [-0.1, -0.05) is 36.8 Å². The smallest absolute Gasteiger partial charge is 0.233 e. The first-order valence-corrected chi connectivity index (χ1v) is 6.80. The van der Waals surface area contributed by atoms with Crippen LogP contribution < -0.4 is 5.32 Å². The van der Waals surface area contributed by atoms with Crippen molar-refractivity contribution >= 4 is 0 Å². The van der Waals surface area contributed by atoms with E-state index in [9.17, 15) is 0 Å². The highest BCUT2D eigenvalue weighted by atomic mass is 16.4.